The minimum absolute atomic E-state index is 0.160. The van der Waals surface area contributed by atoms with Gasteiger partial charge in [-0.25, -0.2) is 0 Å². The normalized spacial score (nSPS) is 13.2. The fourth-order valence-corrected chi connectivity index (χ4v) is 3.76. The van der Waals surface area contributed by atoms with Gasteiger partial charge in [0.1, 0.15) is 5.75 Å². The molecule has 0 unspecified atom stereocenters. The molecule has 1 aromatic heterocycles. The zero-order valence-electron chi connectivity index (χ0n) is 16.5. The number of aryl methyl sites for hydroxylation is 1. The Morgan fingerprint density at radius 3 is 2.79 bits per heavy atom. The van der Waals surface area contributed by atoms with Crippen LogP contribution in [0.2, 0.25) is 5.02 Å². The molecule has 0 bridgehead atoms. The first-order valence-corrected chi connectivity index (χ1v) is 10.3. The number of benzene rings is 2. The van der Waals surface area contributed by atoms with Gasteiger partial charge in [-0.05, 0) is 37.1 Å². The quantitative estimate of drug-likeness (QED) is 0.596. The van der Waals surface area contributed by atoms with Gasteiger partial charge in [-0.1, -0.05) is 41.9 Å². The molecule has 0 radical (unpaired) electrons. The van der Waals surface area contributed by atoms with Crippen LogP contribution in [0.3, 0.4) is 0 Å². The van der Waals surface area contributed by atoms with Crippen LogP contribution in [0.25, 0.3) is 11.3 Å². The molecule has 29 heavy (non-hydrogen) atoms. The molecule has 2 heterocycles. The Morgan fingerprint density at radius 1 is 1.21 bits per heavy atom. The van der Waals surface area contributed by atoms with Crippen LogP contribution in [0.1, 0.15) is 29.7 Å². The Kier molecular flexibility index (Phi) is 5.86. The Labute approximate surface area is 175 Å². The van der Waals surface area contributed by atoms with Gasteiger partial charge < -0.3 is 9.64 Å². The Morgan fingerprint density at radius 2 is 2.00 bits per heavy atom. The lowest BCUT2D eigenvalue weighted by Crippen LogP contribution is -2.36. The molecule has 1 N–H and O–H groups in total. The van der Waals surface area contributed by atoms with E-state index in [1.54, 1.807) is 0 Å². The second kappa shape index (κ2) is 8.70. The summed E-state index contributed by atoms with van der Waals surface area (Å²) in [7, 11) is 0. The van der Waals surface area contributed by atoms with Crippen LogP contribution in [-0.4, -0.2) is 34.2 Å². The van der Waals surface area contributed by atoms with Gasteiger partial charge in [0.05, 0.1) is 12.3 Å². The van der Waals surface area contributed by atoms with Gasteiger partial charge in [0.25, 0.3) is 0 Å². The number of carbonyl (C=O) groups is 1. The molecule has 0 saturated heterocycles. The van der Waals surface area contributed by atoms with Gasteiger partial charge in [-0.15, -0.1) is 0 Å². The standard InChI is InChI=1S/C23H24ClN3O2/c1-16-5-2-3-6-21(16)29-14-4-7-22(28)27-13-12-20-19(15-27)23(26-25-20)17-8-10-18(24)11-9-17/h2-3,5-6,8-11H,4,7,12-15H2,1H3,(H,25,26). The maximum atomic E-state index is 12.7. The summed E-state index contributed by atoms with van der Waals surface area (Å²) in [5.41, 5.74) is 5.23. The predicted molar refractivity (Wildman–Crippen MR) is 114 cm³/mol. The third-order valence-corrected chi connectivity index (χ3v) is 5.54. The van der Waals surface area contributed by atoms with Gasteiger partial charge in [0.15, 0.2) is 0 Å². The van der Waals surface area contributed by atoms with Crippen LogP contribution >= 0.6 is 11.6 Å². The molecule has 3 aromatic rings. The van der Waals surface area contributed by atoms with E-state index >= 15 is 0 Å². The molecule has 0 aliphatic carbocycles. The molecular weight excluding hydrogens is 386 g/mol. The van der Waals surface area contributed by atoms with Crippen LogP contribution in [0, 0.1) is 6.92 Å². The molecular formula is C23H24ClN3O2. The molecule has 0 atom stereocenters. The number of rotatable bonds is 6. The van der Waals surface area contributed by atoms with E-state index in [2.05, 4.69) is 10.2 Å². The van der Waals surface area contributed by atoms with E-state index in [0.717, 1.165) is 40.2 Å². The Balaban J connectivity index is 1.34. The maximum absolute atomic E-state index is 12.7. The summed E-state index contributed by atoms with van der Waals surface area (Å²) < 4.78 is 5.81. The largest absolute Gasteiger partial charge is 0.493 e. The van der Waals surface area contributed by atoms with Crippen LogP contribution < -0.4 is 4.74 Å². The fourth-order valence-electron chi connectivity index (χ4n) is 3.64. The van der Waals surface area contributed by atoms with E-state index in [1.165, 1.54) is 0 Å². The molecule has 1 amide bonds. The van der Waals surface area contributed by atoms with Gasteiger partial charge >= 0.3 is 0 Å². The summed E-state index contributed by atoms with van der Waals surface area (Å²) in [6.45, 7) is 3.86. The van der Waals surface area contributed by atoms with E-state index in [4.69, 9.17) is 16.3 Å². The summed E-state index contributed by atoms with van der Waals surface area (Å²) in [5, 5.41) is 8.31. The fraction of sp³-hybridized carbons (Fsp3) is 0.304. The number of para-hydroxylation sites is 1. The molecule has 1 aliphatic rings. The summed E-state index contributed by atoms with van der Waals surface area (Å²) in [6, 6.07) is 15.6. The molecule has 0 saturated carbocycles. The predicted octanol–water partition coefficient (Wildman–Crippen LogP) is 4.78. The lowest BCUT2D eigenvalue weighted by Gasteiger charge is -2.27. The summed E-state index contributed by atoms with van der Waals surface area (Å²) in [5.74, 6) is 1.04. The molecule has 4 rings (SSSR count). The van der Waals surface area contributed by atoms with Crippen LogP contribution in [0.4, 0.5) is 0 Å². The smallest absolute Gasteiger partial charge is 0.223 e. The van der Waals surface area contributed by atoms with Crippen molar-refractivity contribution in [1.29, 1.82) is 0 Å². The van der Waals surface area contributed by atoms with Crippen molar-refractivity contribution in [2.45, 2.75) is 32.7 Å². The molecule has 0 fully saturated rings. The number of halogens is 1. The number of fused-ring (bicyclic) bond motifs is 1. The molecule has 6 heteroatoms. The van der Waals surface area contributed by atoms with Crippen molar-refractivity contribution in [1.82, 2.24) is 15.1 Å². The second-order valence-electron chi connectivity index (χ2n) is 7.32. The van der Waals surface area contributed by atoms with E-state index in [9.17, 15) is 4.79 Å². The van der Waals surface area contributed by atoms with Crippen molar-refractivity contribution in [3.63, 3.8) is 0 Å². The number of carbonyl (C=O) groups excluding carboxylic acids is 1. The molecule has 0 spiro atoms. The average Bonchev–Trinajstić information content (AvgIpc) is 3.16. The zero-order valence-corrected chi connectivity index (χ0v) is 17.2. The third-order valence-electron chi connectivity index (χ3n) is 5.29. The molecule has 150 valence electrons. The number of aromatic nitrogens is 2. The Hall–Kier alpha value is -2.79. The van der Waals surface area contributed by atoms with Crippen molar-refractivity contribution in [2.24, 2.45) is 0 Å². The number of nitrogens with one attached hydrogen (secondary N) is 1. The topological polar surface area (TPSA) is 58.2 Å². The number of H-pyrrole nitrogens is 1. The van der Waals surface area contributed by atoms with E-state index in [1.807, 2.05) is 60.4 Å². The first-order valence-electron chi connectivity index (χ1n) is 9.90. The highest BCUT2D eigenvalue weighted by atomic mass is 35.5. The molecule has 5 nitrogen and oxygen atoms in total. The van der Waals surface area contributed by atoms with Crippen LogP contribution in [-0.2, 0) is 17.8 Å². The summed E-state index contributed by atoms with van der Waals surface area (Å²) in [4.78, 5) is 14.6. The third kappa shape index (κ3) is 4.46. The van der Waals surface area contributed by atoms with Gasteiger partial charge in [-0.3, -0.25) is 9.89 Å². The highest BCUT2D eigenvalue weighted by Crippen LogP contribution is 2.29. The van der Waals surface area contributed by atoms with Crippen LogP contribution in [0.15, 0.2) is 48.5 Å². The number of aromatic amines is 1. The minimum atomic E-state index is 0.160. The molecule has 2 aromatic carbocycles. The number of amides is 1. The van der Waals surface area contributed by atoms with Crippen molar-refractivity contribution >= 4 is 17.5 Å². The van der Waals surface area contributed by atoms with E-state index in [-0.39, 0.29) is 5.91 Å². The van der Waals surface area contributed by atoms with Crippen molar-refractivity contribution < 1.29 is 9.53 Å². The Bertz CT molecular complexity index is 998. The van der Waals surface area contributed by atoms with E-state index < -0.39 is 0 Å². The number of hydrogen-bond donors (Lipinski definition) is 1. The maximum Gasteiger partial charge on any atom is 0.223 e. The first kappa shape index (κ1) is 19.5. The number of nitrogens with zero attached hydrogens (tertiary/aromatic N) is 2. The van der Waals surface area contributed by atoms with Crippen molar-refractivity contribution in [2.75, 3.05) is 13.2 Å². The van der Waals surface area contributed by atoms with Crippen molar-refractivity contribution in [3.8, 4) is 17.0 Å². The van der Waals surface area contributed by atoms with Gasteiger partial charge in [0.2, 0.25) is 5.91 Å². The highest BCUT2D eigenvalue weighted by Gasteiger charge is 2.25. The zero-order chi connectivity index (χ0) is 20.2. The average molecular weight is 410 g/mol. The van der Waals surface area contributed by atoms with Gasteiger partial charge in [0, 0.05) is 47.8 Å². The summed E-state index contributed by atoms with van der Waals surface area (Å²) in [6.07, 6.45) is 1.97. The van der Waals surface area contributed by atoms with Crippen LogP contribution in [0.5, 0.6) is 5.75 Å². The highest BCUT2D eigenvalue weighted by molar-refractivity contribution is 6.30. The second-order valence-corrected chi connectivity index (χ2v) is 7.76. The number of ether oxygens (including phenoxy) is 1. The lowest BCUT2D eigenvalue weighted by atomic mass is 10.0. The first-order chi connectivity index (χ1) is 14.1. The minimum Gasteiger partial charge on any atom is -0.493 e. The lowest BCUT2D eigenvalue weighted by molar-refractivity contribution is -0.132. The molecule has 1 aliphatic heterocycles. The SMILES string of the molecule is Cc1ccccc1OCCCC(=O)N1CCc2[nH]nc(-c3ccc(Cl)cc3)c2C1. The number of hydrogen-bond acceptors (Lipinski definition) is 3. The van der Waals surface area contributed by atoms with E-state index in [0.29, 0.717) is 37.6 Å². The van der Waals surface area contributed by atoms with Gasteiger partial charge in [-0.2, -0.15) is 5.10 Å². The monoisotopic (exact) mass is 409 g/mol. The van der Waals surface area contributed by atoms with Crippen molar-refractivity contribution in [3.05, 3.63) is 70.4 Å². The summed E-state index contributed by atoms with van der Waals surface area (Å²) >= 11 is 6.00.